The van der Waals surface area contributed by atoms with E-state index in [1.807, 2.05) is 0 Å². The third kappa shape index (κ3) is 5.44. The Morgan fingerprint density at radius 2 is 2.50 bits per heavy atom. The topological polar surface area (TPSA) is 70.6 Å². The molecule has 94 valence electrons. The normalized spacial score (nSPS) is 22.8. The summed E-state index contributed by atoms with van der Waals surface area (Å²) >= 11 is 0. The summed E-state index contributed by atoms with van der Waals surface area (Å²) in [6.07, 6.45) is 2.19. The van der Waals surface area contributed by atoms with Crippen LogP contribution in [0.4, 0.5) is 0 Å². The fourth-order valence-corrected chi connectivity index (χ4v) is 1.92. The van der Waals surface area contributed by atoms with Gasteiger partial charge in [-0.3, -0.25) is 4.79 Å². The van der Waals surface area contributed by atoms with Crippen LogP contribution in [0.3, 0.4) is 0 Å². The van der Waals surface area contributed by atoms with Gasteiger partial charge in [-0.15, -0.1) is 0 Å². The second kappa shape index (κ2) is 7.60. The average Bonchev–Trinajstić information content (AvgIpc) is 2.28. The Balaban J connectivity index is 2.10. The van der Waals surface area contributed by atoms with Crippen LogP contribution >= 0.6 is 0 Å². The minimum absolute atomic E-state index is 0.0175. The van der Waals surface area contributed by atoms with Gasteiger partial charge in [0.25, 0.3) is 0 Å². The van der Waals surface area contributed by atoms with Crippen molar-refractivity contribution in [3.8, 4) is 0 Å². The molecule has 1 saturated heterocycles. The molecule has 0 radical (unpaired) electrons. The highest BCUT2D eigenvalue weighted by molar-refractivity contribution is 5.76. The lowest BCUT2D eigenvalue weighted by atomic mass is 9.96. The molecule has 1 heterocycles. The molecule has 0 aromatic heterocycles. The predicted molar refractivity (Wildman–Crippen MR) is 61.1 cm³/mol. The first kappa shape index (κ1) is 13.4. The van der Waals surface area contributed by atoms with E-state index in [2.05, 4.69) is 10.6 Å². The van der Waals surface area contributed by atoms with Gasteiger partial charge in [0.1, 0.15) is 0 Å². The molecule has 2 unspecified atom stereocenters. The van der Waals surface area contributed by atoms with Gasteiger partial charge in [-0.2, -0.15) is 0 Å². The van der Waals surface area contributed by atoms with Gasteiger partial charge in [-0.25, -0.2) is 0 Å². The molecule has 5 heteroatoms. The summed E-state index contributed by atoms with van der Waals surface area (Å²) in [6, 6.07) is 0. The fraction of sp³-hybridized carbons (Fsp3) is 0.909. The fourth-order valence-electron chi connectivity index (χ4n) is 1.92. The molecule has 16 heavy (non-hydrogen) atoms. The number of aliphatic hydroxyl groups is 1. The molecule has 5 nitrogen and oxygen atoms in total. The van der Waals surface area contributed by atoms with Crippen molar-refractivity contribution < 1.29 is 14.6 Å². The van der Waals surface area contributed by atoms with Crippen molar-refractivity contribution in [2.75, 3.05) is 33.4 Å². The van der Waals surface area contributed by atoms with Crippen LogP contribution in [-0.4, -0.2) is 50.5 Å². The highest BCUT2D eigenvalue weighted by Gasteiger charge is 2.16. The van der Waals surface area contributed by atoms with Crippen LogP contribution in [-0.2, 0) is 9.53 Å². The maximum atomic E-state index is 11.5. The first-order chi connectivity index (χ1) is 7.72. The smallest absolute Gasteiger partial charge is 0.220 e. The Hall–Kier alpha value is -0.650. The lowest BCUT2D eigenvalue weighted by molar-refractivity contribution is -0.122. The molecule has 2 atom stereocenters. The summed E-state index contributed by atoms with van der Waals surface area (Å²) < 4.78 is 4.77. The molecule has 1 amide bonds. The molecule has 1 aliphatic rings. The first-order valence-corrected chi connectivity index (χ1v) is 5.86. The summed E-state index contributed by atoms with van der Waals surface area (Å²) in [6.45, 7) is 2.51. The molecule has 0 saturated carbocycles. The van der Waals surface area contributed by atoms with E-state index in [0.29, 0.717) is 12.3 Å². The maximum Gasteiger partial charge on any atom is 0.220 e. The lowest BCUT2D eigenvalue weighted by Gasteiger charge is -2.22. The molecule has 0 spiro atoms. The van der Waals surface area contributed by atoms with Crippen LogP contribution in [0.2, 0.25) is 0 Å². The number of carbonyl (C=O) groups excluding carboxylic acids is 1. The maximum absolute atomic E-state index is 11.5. The zero-order chi connectivity index (χ0) is 11.8. The molecular weight excluding hydrogens is 208 g/mol. The van der Waals surface area contributed by atoms with Gasteiger partial charge in [0.2, 0.25) is 5.91 Å². The zero-order valence-electron chi connectivity index (χ0n) is 9.87. The van der Waals surface area contributed by atoms with Crippen LogP contribution in [0, 0.1) is 5.92 Å². The van der Waals surface area contributed by atoms with Gasteiger partial charge in [0.05, 0.1) is 12.7 Å². The standard InChI is InChI=1S/C11H22N2O3/c1-16-8-10(14)7-13-11(15)5-9-3-2-4-12-6-9/h9-10,12,14H,2-8H2,1H3,(H,13,15). The molecule has 3 N–H and O–H groups in total. The Bertz CT molecular complexity index is 205. The Labute approximate surface area is 96.6 Å². The number of aliphatic hydroxyl groups excluding tert-OH is 1. The van der Waals surface area contributed by atoms with Crippen LogP contribution in [0.25, 0.3) is 0 Å². The molecule has 0 aromatic carbocycles. The van der Waals surface area contributed by atoms with Crippen LogP contribution in [0.5, 0.6) is 0 Å². The third-order valence-electron chi connectivity index (χ3n) is 2.77. The first-order valence-electron chi connectivity index (χ1n) is 5.86. The second-order valence-corrected chi connectivity index (χ2v) is 4.33. The Morgan fingerprint density at radius 3 is 3.12 bits per heavy atom. The van der Waals surface area contributed by atoms with Crippen molar-refractivity contribution in [3.05, 3.63) is 0 Å². The molecule has 0 aliphatic carbocycles. The van der Waals surface area contributed by atoms with E-state index >= 15 is 0 Å². The number of nitrogens with one attached hydrogen (secondary N) is 2. The monoisotopic (exact) mass is 230 g/mol. The lowest BCUT2D eigenvalue weighted by Crippen LogP contribution is -2.37. The molecule has 1 fully saturated rings. The van der Waals surface area contributed by atoms with Crippen molar-refractivity contribution in [2.45, 2.75) is 25.4 Å². The second-order valence-electron chi connectivity index (χ2n) is 4.33. The predicted octanol–water partition coefficient (Wildman–Crippen LogP) is -0.500. The number of hydrogen-bond donors (Lipinski definition) is 3. The van der Waals surface area contributed by atoms with Crippen LogP contribution < -0.4 is 10.6 Å². The highest BCUT2D eigenvalue weighted by Crippen LogP contribution is 2.13. The largest absolute Gasteiger partial charge is 0.389 e. The quantitative estimate of drug-likeness (QED) is 0.575. The highest BCUT2D eigenvalue weighted by atomic mass is 16.5. The van der Waals surface area contributed by atoms with Crippen molar-refractivity contribution in [2.24, 2.45) is 5.92 Å². The third-order valence-corrected chi connectivity index (χ3v) is 2.77. The minimum atomic E-state index is -0.613. The van der Waals surface area contributed by atoms with E-state index in [9.17, 15) is 9.90 Å². The number of amides is 1. The molecule has 1 rings (SSSR count). The molecule has 1 aliphatic heterocycles. The van der Waals surface area contributed by atoms with Crippen molar-refractivity contribution in [1.82, 2.24) is 10.6 Å². The van der Waals surface area contributed by atoms with Gasteiger partial charge in [-0.1, -0.05) is 0 Å². The zero-order valence-corrected chi connectivity index (χ0v) is 9.87. The van der Waals surface area contributed by atoms with E-state index < -0.39 is 6.10 Å². The average molecular weight is 230 g/mol. The van der Waals surface area contributed by atoms with Gasteiger partial charge in [-0.05, 0) is 31.8 Å². The van der Waals surface area contributed by atoms with E-state index in [-0.39, 0.29) is 19.1 Å². The van der Waals surface area contributed by atoms with Crippen molar-refractivity contribution >= 4 is 5.91 Å². The summed E-state index contributed by atoms with van der Waals surface area (Å²) in [5, 5.41) is 15.3. The van der Waals surface area contributed by atoms with E-state index in [1.165, 1.54) is 7.11 Å². The summed E-state index contributed by atoms with van der Waals surface area (Å²) in [5.41, 5.74) is 0. The Morgan fingerprint density at radius 1 is 1.69 bits per heavy atom. The minimum Gasteiger partial charge on any atom is -0.389 e. The molecule has 0 aromatic rings. The summed E-state index contributed by atoms with van der Waals surface area (Å²) in [7, 11) is 1.53. The van der Waals surface area contributed by atoms with E-state index in [1.54, 1.807) is 0 Å². The van der Waals surface area contributed by atoms with E-state index in [4.69, 9.17) is 4.74 Å². The van der Waals surface area contributed by atoms with Crippen molar-refractivity contribution in [3.63, 3.8) is 0 Å². The van der Waals surface area contributed by atoms with Crippen LogP contribution in [0.1, 0.15) is 19.3 Å². The number of methoxy groups -OCH3 is 1. The van der Waals surface area contributed by atoms with Gasteiger partial charge in [0, 0.05) is 20.1 Å². The number of hydrogen-bond acceptors (Lipinski definition) is 4. The summed E-state index contributed by atoms with van der Waals surface area (Å²) in [4.78, 5) is 11.5. The SMILES string of the molecule is COCC(O)CNC(=O)CC1CCCNC1. The van der Waals surface area contributed by atoms with Gasteiger partial charge >= 0.3 is 0 Å². The number of rotatable bonds is 6. The number of piperidine rings is 1. The van der Waals surface area contributed by atoms with Gasteiger partial charge in [0.15, 0.2) is 0 Å². The number of ether oxygens (including phenoxy) is 1. The molecular formula is C11H22N2O3. The Kier molecular flexibility index (Phi) is 6.37. The molecule has 0 bridgehead atoms. The van der Waals surface area contributed by atoms with Crippen molar-refractivity contribution in [1.29, 1.82) is 0 Å². The van der Waals surface area contributed by atoms with Gasteiger partial charge < -0.3 is 20.5 Å². The van der Waals surface area contributed by atoms with Crippen LogP contribution in [0.15, 0.2) is 0 Å². The summed E-state index contributed by atoms with van der Waals surface area (Å²) in [5.74, 6) is 0.456. The number of carbonyl (C=O) groups is 1. The van der Waals surface area contributed by atoms with E-state index in [0.717, 1.165) is 25.9 Å².